The van der Waals surface area contributed by atoms with Gasteiger partial charge in [-0.2, -0.15) is 0 Å². The van der Waals surface area contributed by atoms with Crippen LogP contribution in [0.4, 0.5) is 0 Å². The van der Waals surface area contributed by atoms with Crippen LogP contribution < -0.4 is 5.32 Å². The van der Waals surface area contributed by atoms with E-state index < -0.39 is 0 Å². The molecule has 1 aromatic rings. The minimum Gasteiger partial charge on any atom is -0.342 e. The molecule has 2 rings (SSSR count). The van der Waals surface area contributed by atoms with Crippen molar-refractivity contribution in [1.82, 2.24) is 10.2 Å². The topological polar surface area (TPSA) is 32.3 Å². The highest BCUT2D eigenvalue weighted by atomic mass is 16.2. The van der Waals surface area contributed by atoms with Crippen molar-refractivity contribution in [3.8, 4) is 0 Å². The molecule has 0 spiro atoms. The van der Waals surface area contributed by atoms with E-state index in [9.17, 15) is 4.79 Å². The molecule has 14 heavy (non-hydrogen) atoms. The third-order valence-corrected chi connectivity index (χ3v) is 2.59. The van der Waals surface area contributed by atoms with E-state index in [1.165, 1.54) is 0 Å². The second-order valence-electron chi connectivity index (χ2n) is 3.42. The monoisotopic (exact) mass is 190 g/mol. The van der Waals surface area contributed by atoms with Crippen molar-refractivity contribution in [1.29, 1.82) is 0 Å². The predicted molar refractivity (Wildman–Crippen MR) is 54.6 cm³/mol. The van der Waals surface area contributed by atoms with Crippen molar-refractivity contribution in [3.63, 3.8) is 0 Å². The van der Waals surface area contributed by atoms with Gasteiger partial charge in [-0.3, -0.25) is 9.69 Å². The number of carbonyl (C=O) groups is 1. The molecule has 1 atom stereocenters. The van der Waals surface area contributed by atoms with E-state index in [4.69, 9.17) is 0 Å². The fourth-order valence-corrected chi connectivity index (χ4v) is 1.83. The zero-order valence-corrected chi connectivity index (χ0v) is 8.23. The largest absolute Gasteiger partial charge is 0.342 e. The van der Waals surface area contributed by atoms with Crippen LogP contribution in [-0.4, -0.2) is 24.0 Å². The van der Waals surface area contributed by atoms with Gasteiger partial charge in [0.05, 0.1) is 6.67 Å². The van der Waals surface area contributed by atoms with Crippen LogP contribution >= 0.6 is 0 Å². The third kappa shape index (κ3) is 1.51. The lowest BCUT2D eigenvalue weighted by Crippen LogP contribution is -2.25. The maximum atomic E-state index is 11.6. The normalized spacial score (nSPS) is 22.4. The molecule has 1 aliphatic rings. The molecule has 1 amide bonds. The Balaban J connectivity index is 2.28. The van der Waals surface area contributed by atoms with Gasteiger partial charge in [0.15, 0.2) is 0 Å². The Labute approximate surface area is 83.7 Å². The Morgan fingerprint density at radius 1 is 1.43 bits per heavy atom. The average molecular weight is 190 g/mol. The van der Waals surface area contributed by atoms with Crippen molar-refractivity contribution in [2.75, 3.05) is 13.2 Å². The molecule has 3 nitrogen and oxygen atoms in total. The van der Waals surface area contributed by atoms with Crippen LogP contribution in [0.15, 0.2) is 30.3 Å². The number of rotatable bonds is 2. The van der Waals surface area contributed by atoms with Gasteiger partial charge in [0.1, 0.15) is 6.04 Å². The summed E-state index contributed by atoms with van der Waals surface area (Å²) < 4.78 is 0. The second kappa shape index (κ2) is 3.80. The molecule has 74 valence electrons. The summed E-state index contributed by atoms with van der Waals surface area (Å²) in [6, 6.07) is 9.80. The maximum absolute atomic E-state index is 11.6. The van der Waals surface area contributed by atoms with Crippen LogP contribution in [0.2, 0.25) is 0 Å². The molecule has 0 bridgehead atoms. The SMILES string of the molecule is CCN1CNC(=O)C1c1ccccc1. The fraction of sp³-hybridized carbons (Fsp3) is 0.364. The van der Waals surface area contributed by atoms with Gasteiger partial charge in [-0.25, -0.2) is 0 Å². The van der Waals surface area contributed by atoms with Gasteiger partial charge in [0.2, 0.25) is 5.91 Å². The molecule has 0 saturated carbocycles. The second-order valence-corrected chi connectivity index (χ2v) is 3.42. The number of hydrogen-bond acceptors (Lipinski definition) is 2. The minimum atomic E-state index is -0.0961. The fourth-order valence-electron chi connectivity index (χ4n) is 1.83. The Hall–Kier alpha value is -1.35. The van der Waals surface area contributed by atoms with Gasteiger partial charge in [-0.15, -0.1) is 0 Å². The number of carbonyl (C=O) groups excluding carboxylic acids is 1. The van der Waals surface area contributed by atoms with Crippen LogP contribution in [0.5, 0.6) is 0 Å². The highest BCUT2D eigenvalue weighted by molar-refractivity contribution is 5.84. The number of nitrogens with zero attached hydrogens (tertiary/aromatic N) is 1. The molecule has 1 unspecified atom stereocenters. The molecule has 1 aliphatic heterocycles. The molecular weight excluding hydrogens is 176 g/mol. The zero-order valence-electron chi connectivity index (χ0n) is 8.23. The highest BCUT2D eigenvalue weighted by Gasteiger charge is 2.31. The minimum absolute atomic E-state index is 0.0961. The molecule has 1 saturated heterocycles. The Morgan fingerprint density at radius 2 is 2.14 bits per heavy atom. The first-order chi connectivity index (χ1) is 6.83. The van der Waals surface area contributed by atoms with Crippen molar-refractivity contribution >= 4 is 5.91 Å². The van der Waals surface area contributed by atoms with Crippen LogP contribution in [0.1, 0.15) is 18.5 Å². The summed E-state index contributed by atoms with van der Waals surface area (Å²) in [5.41, 5.74) is 1.07. The number of hydrogen-bond donors (Lipinski definition) is 1. The van der Waals surface area contributed by atoms with E-state index in [2.05, 4.69) is 17.1 Å². The summed E-state index contributed by atoms with van der Waals surface area (Å²) in [6.45, 7) is 3.61. The summed E-state index contributed by atoms with van der Waals surface area (Å²) >= 11 is 0. The van der Waals surface area contributed by atoms with Gasteiger partial charge >= 0.3 is 0 Å². The summed E-state index contributed by atoms with van der Waals surface area (Å²) in [4.78, 5) is 13.7. The lowest BCUT2D eigenvalue weighted by molar-refractivity contribution is -0.121. The molecule has 1 fully saturated rings. The first-order valence-electron chi connectivity index (χ1n) is 4.89. The summed E-state index contributed by atoms with van der Waals surface area (Å²) in [6.07, 6.45) is 0. The number of benzene rings is 1. The predicted octanol–water partition coefficient (Wildman–Crippen LogP) is 1.14. The molecule has 1 aromatic carbocycles. The van der Waals surface area contributed by atoms with E-state index in [-0.39, 0.29) is 11.9 Å². The van der Waals surface area contributed by atoms with Crippen LogP contribution in [-0.2, 0) is 4.79 Å². The zero-order chi connectivity index (χ0) is 9.97. The molecular formula is C11H14N2O. The number of likely N-dealkylation sites (N-methyl/N-ethyl adjacent to an activating group) is 1. The molecule has 1 heterocycles. The van der Waals surface area contributed by atoms with Crippen molar-refractivity contribution in [3.05, 3.63) is 35.9 Å². The van der Waals surface area contributed by atoms with Crippen LogP contribution in [0.3, 0.4) is 0 Å². The Morgan fingerprint density at radius 3 is 2.79 bits per heavy atom. The van der Waals surface area contributed by atoms with Gasteiger partial charge in [0.25, 0.3) is 0 Å². The van der Waals surface area contributed by atoms with Crippen molar-refractivity contribution in [2.24, 2.45) is 0 Å². The van der Waals surface area contributed by atoms with E-state index in [0.29, 0.717) is 6.67 Å². The van der Waals surface area contributed by atoms with Gasteiger partial charge in [-0.05, 0) is 12.1 Å². The number of nitrogens with one attached hydrogen (secondary N) is 1. The molecule has 0 radical (unpaired) electrons. The average Bonchev–Trinajstić information content (AvgIpc) is 2.61. The van der Waals surface area contributed by atoms with Crippen LogP contribution in [0, 0.1) is 0 Å². The van der Waals surface area contributed by atoms with Crippen LogP contribution in [0.25, 0.3) is 0 Å². The molecule has 3 heteroatoms. The molecule has 1 N–H and O–H groups in total. The van der Waals surface area contributed by atoms with Gasteiger partial charge in [0, 0.05) is 0 Å². The van der Waals surface area contributed by atoms with Gasteiger partial charge in [-0.1, -0.05) is 37.3 Å². The van der Waals surface area contributed by atoms with E-state index in [0.717, 1.165) is 12.1 Å². The smallest absolute Gasteiger partial charge is 0.243 e. The standard InChI is InChI=1S/C11H14N2O/c1-2-13-8-12-11(14)10(13)9-6-4-3-5-7-9/h3-7,10H,2,8H2,1H3,(H,12,14). The van der Waals surface area contributed by atoms with E-state index >= 15 is 0 Å². The Kier molecular flexibility index (Phi) is 2.50. The van der Waals surface area contributed by atoms with E-state index in [1.54, 1.807) is 0 Å². The third-order valence-electron chi connectivity index (χ3n) is 2.59. The lowest BCUT2D eigenvalue weighted by atomic mass is 10.1. The van der Waals surface area contributed by atoms with Gasteiger partial charge < -0.3 is 5.32 Å². The first-order valence-corrected chi connectivity index (χ1v) is 4.89. The first kappa shape index (κ1) is 9.21. The lowest BCUT2D eigenvalue weighted by Gasteiger charge is -2.19. The maximum Gasteiger partial charge on any atom is 0.243 e. The summed E-state index contributed by atoms with van der Waals surface area (Å²) in [5, 5.41) is 2.86. The highest BCUT2D eigenvalue weighted by Crippen LogP contribution is 2.23. The molecule has 0 aromatic heterocycles. The van der Waals surface area contributed by atoms with Crippen molar-refractivity contribution < 1.29 is 4.79 Å². The number of amides is 1. The quantitative estimate of drug-likeness (QED) is 0.758. The van der Waals surface area contributed by atoms with E-state index in [1.807, 2.05) is 30.3 Å². The van der Waals surface area contributed by atoms with Crippen molar-refractivity contribution in [2.45, 2.75) is 13.0 Å². The summed E-state index contributed by atoms with van der Waals surface area (Å²) in [7, 11) is 0. The molecule has 0 aliphatic carbocycles. The summed E-state index contributed by atoms with van der Waals surface area (Å²) in [5.74, 6) is 0.109. The Bertz CT molecular complexity index is 323.